The number of hydrogen-bond acceptors (Lipinski definition) is 2. The van der Waals surface area contributed by atoms with Crippen LogP contribution in [0.3, 0.4) is 0 Å². The summed E-state index contributed by atoms with van der Waals surface area (Å²) in [5.41, 5.74) is 2.02. The molecule has 0 aliphatic rings. The van der Waals surface area contributed by atoms with E-state index in [2.05, 4.69) is 28.5 Å². The maximum absolute atomic E-state index is 5.00. The van der Waals surface area contributed by atoms with Gasteiger partial charge in [-0.3, -0.25) is 4.98 Å². The van der Waals surface area contributed by atoms with Gasteiger partial charge in [0.1, 0.15) is 0 Å². The lowest BCUT2D eigenvalue weighted by atomic mass is 10.2. The van der Waals surface area contributed by atoms with Crippen molar-refractivity contribution in [3.05, 3.63) is 72.9 Å². The molecule has 1 heterocycles. The molecule has 2 heteroatoms. The lowest BCUT2D eigenvalue weighted by molar-refractivity contribution is 1.41. The molecule has 0 spiro atoms. The number of benzene rings is 2. The fourth-order valence-corrected chi connectivity index (χ4v) is 1.62. The quantitative estimate of drug-likeness (QED) is 0.520. The highest BCUT2D eigenvalue weighted by molar-refractivity contribution is 5.77. The highest BCUT2D eigenvalue weighted by Crippen LogP contribution is 2.07. The van der Waals surface area contributed by atoms with Gasteiger partial charge in [0, 0.05) is 23.3 Å². The van der Waals surface area contributed by atoms with Crippen molar-refractivity contribution < 1.29 is 0 Å². The van der Waals surface area contributed by atoms with Crippen molar-refractivity contribution in [2.24, 2.45) is 0 Å². The largest absolute Gasteiger partial charge is 0.315 e. The first-order chi connectivity index (χ1) is 9.40. The molecule has 0 saturated heterocycles. The molecule has 2 nitrogen and oxygen atoms in total. The minimum atomic E-state index is 0.958. The van der Waals surface area contributed by atoms with E-state index in [0.717, 1.165) is 11.2 Å². The second-order valence-corrected chi connectivity index (χ2v) is 3.83. The van der Waals surface area contributed by atoms with Crippen LogP contribution < -0.4 is 5.32 Å². The predicted octanol–water partition coefficient (Wildman–Crippen LogP) is 3.92. The Hall–Kier alpha value is -2.79. The average molecular weight is 246 g/mol. The van der Waals surface area contributed by atoms with Crippen molar-refractivity contribution in [1.29, 1.82) is 0 Å². The molecule has 0 unspecified atom stereocenters. The van der Waals surface area contributed by atoms with E-state index in [0.29, 0.717) is 0 Å². The monoisotopic (exact) mass is 246 g/mol. The summed E-state index contributed by atoms with van der Waals surface area (Å²) >= 11 is 0. The second-order valence-electron chi connectivity index (χ2n) is 3.83. The topological polar surface area (TPSA) is 24.9 Å². The Labute approximate surface area is 113 Å². The molecular formula is C17H14N2. The molecule has 0 fully saturated rings. The van der Waals surface area contributed by atoms with Gasteiger partial charge in [-0.2, -0.15) is 0 Å². The first-order valence-corrected chi connectivity index (χ1v) is 5.96. The molecule has 0 atom stereocenters. The predicted molar refractivity (Wildman–Crippen MR) is 80.6 cm³/mol. The second kappa shape index (κ2) is 6.83. The van der Waals surface area contributed by atoms with Crippen LogP contribution in [0.2, 0.25) is 0 Å². The molecule has 0 bridgehead atoms. The van der Waals surface area contributed by atoms with Crippen LogP contribution in [-0.2, 0) is 0 Å². The number of hydrogen-bond donors (Lipinski definition) is 1. The minimum Gasteiger partial charge on any atom is -0.315 e. The number of para-hydroxylation sites is 2. The number of rotatable bonds is 1. The van der Waals surface area contributed by atoms with Crippen LogP contribution in [0.1, 0.15) is 0 Å². The molecule has 0 aliphatic carbocycles. The molecule has 0 saturated carbocycles. The third kappa shape index (κ3) is 3.86. The number of nitrogens with one attached hydrogen (secondary N) is 1. The molecule has 3 rings (SSSR count). The Kier molecular flexibility index (Phi) is 4.55. The third-order valence-corrected chi connectivity index (χ3v) is 2.50. The average Bonchev–Trinajstić information content (AvgIpc) is 2.50. The van der Waals surface area contributed by atoms with Gasteiger partial charge in [-0.25, -0.2) is 0 Å². The zero-order valence-corrected chi connectivity index (χ0v) is 10.5. The van der Waals surface area contributed by atoms with Crippen LogP contribution >= 0.6 is 0 Å². The SMILES string of the molecule is C#CNc1ccccc1.c1ccc2ncccc2c1. The van der Waals surface area contributed by atoms with Crippen LogP contribution in [-0.4, -0.2) is 4.98 Å². The van der Waals surface area contributed by atoms with Gasteiger partial charge in [0.2, 0.25) is 0 Å². The first-order valence-electron chi connectivity index (χ1n) is 5.96. The highest BCUT2D eigenvalue weighted by atomic mass is 14.8. The molecule has 0 amide bonds. The van der Waals surface area contributed by atoms with Gasteiger partial charge in [0.05, 0.1) is 5.52 Å². The van der Waals surface area contributed by atoms with E-state index < -0.39 is 0 Å². The molecule has 92 valence electrons. The third-order valence-electron chi connectivity index (χ3n) is 2.50. The van der Waals surface area contributed by atoms with E-state index in [4.69, 9.17) is 6.42 Å². The first kappa shape index (κ1) is 12.7. The van der Waals surface area contributed by atoms with Crippen molar-refractivity contribution in [1.82, 2.24) is 4.98 Å². The van der Waals surface area contributed by atoms with Gasteiger partial charge in [-0.15, -0.1) is 0 Å². The van der Waals surface area contributed by atoms with Crippen molar-refractivity contribution in [3.8, 4) is 12.5 Å². The molecule has 3 aromatic rings. The van der Waals surface area contributed by atoms with E-state index in [-0.39, 0.29) is 0 Å². The number of terminal acetylenes is 1. The van der Waals surface area contributed by atoms with Gasteiger partial charge in [-0.05, 0) is 24.3 Å². The zero-order chi connectivity index (χ0) is 13.3. The van der Waals surface area contributed by atoms with Gasteiger partial charge in [0.25, 0.3) is 0 Å². The Morgan fingerprint density at radius 1 is 0.842 bits per heavy atom. The van der Waals surface area contributed by atoms with Crippen LogP contribution in [0.15, 0.2) is 72.9 Å². The summed E-state index contributed by atoms with van der Waals surface area (Å²) in [5, 5.41) is 3.93. The fourth-order valence-electron chi connectivity index (χ4n) is 1.62. The van der Waals surface area contributed by atoms with Crippen molar-refractivity contribution in [3.63, 3.8) is 0 Å². The van der Waals surface area contributed by atoms with Crippen LogP contribution in [0.25, 0.3) is 10.9 Å². The van der Waals surface area contributed by atoms with Crippen molar-refractivity contribution >= 4 is 16.6 Å². The maximum Gasteiger partial charge on any atom is 0.0701 e. The van der Waals surface area contributed by atoms with E-state index in [1.54, 1.807) is 0 Å². The van der Waals surface area contributed by atoms with Gasteiger partial charge in [-0.1, -0.05) is 48.9 Å². The van der Waals surface area contributed by atoms with Gasteiger partial charge < -0.3 is 5.32 Å². The van der Waals surface area contributed by atoms with Crippen LogP contribution in [0.4, 0.5) is 5.69 Å². The van der Waals surface area contributed by atoms with Crippen LogP contribution in [0, 0.1) is 12.5 Å². The summed E-state index contributed by atoms with van der Waals surface area (Å²) < 4.78 is 0. The lowest BCUT2D eigenvalue weighted by Gasteiger charge is -1.93. The molecule has 0 aliphatic heterocycles. The molecule has 2 aromatic carbocycles. The summed E-state index contributed by atoms with van der Waals surface area (Å²) in [5.74, 6) is 0. The summed E-state index contributed by atoms with van der Waals surface area (Å²) in [6.07, 6.45) is 6.81. The summed E-state index contributed by atoms with van der Waals surface area (Å²) in [6.45, 7) is 0. The molecule has 1 N–H and O–H groups in total. The van der Waals surface area contributed by atoms with E-state index in [1.165, 1.54) is 5.39 Å². The molecule has 0 radical (unpaired) electrons. The van der Waals surface area contributed by atoms with Crippen molar-refractivity contribution in [2.75, 3.05) is 5.32 Å². The summed E-state index contributed by atoms with van der Waals surface area (Å²) in [6, 6.07) is 24.1. The number of pyridine rings is 1. The highest BCUT2D eigenvalue weighted by Gasteiger charge is 1.86. The van der Waals surface area contributed by atoms with Gasteiger partial charge in [0.15, 0.2) is 0 Å². The zero-order valence-electron chi connectivity index (χ0n) is 10.5. The Morgan fingerprint density at radius 2 is 1.53 bits per heavy atom. The van der Waals surface area contributed by atoms with Crippen molar-refractivity contribution in [2.45, 2.75) is 0 Å². The molecule has 19 heavy (non-hydrogen) atoms. The number of nitrogens with zero attached hydrogens (tertiary/aromatic N) is 1. The Balaban J connectivity index is 0.000000141. The number of fused-ring (bicyclic) bond motifs is 1. The number of aromatic nitrogens is 1. The Morgan fingerprint density at radius 3 is 2.26 bits per heavy atom. The molecular weight excluding hydrogens is 232 g/mol. The van der Waals surface area contributed by atoms with E-state index in [9.17, 15) is 0 Å². The standard InChI is InChI=1S/C9H7N.C8H7N/c1-2-6-9-8(4-1)5-3-7-10-9;1-2-9-8-6-4-3-5-7-8/h1-7H;1,3-7,9H. The van der Waals surface area contributed by atoms with E-state index >= 15 is 0 Å². The summed E-state index contributed by atoms with van der Waals surface area (Å²) in [7, 11) is 0. The lowest BCUT2D eigenvalue weighted by Crippen LogP contribution is -1.83. The fraction of sp³-hybridized carbons (Fsp3) is 0. The summed E-state index contributed by atoms with van der Waals surface area (Å²) in [4.78, 5) is 4.18. The smallest absolute Gasteiger partial charge is 0.0701 e. The van der Waals surface area contributed by atoms with E-state index in [1.807, 2.05) is 60.8 Å². The molecule has 1 aromatic heterocycles. The van der Waals surface area contributed by atoms with Crippen LogP contribution in [0.5, 0.6) is 0 Å². The maximum atomic E-state index is 5.00. The minimum absolute atomic E-state index is 0.958. The number of anilines is 1. The van der Waals surface area contributed by atoms with Gasteiger partial charge >= 0.3 is 0 Å². The Bertz CT molecular complexity index is 604. The normalized spacial score (nSPS) is 9.00.